The highest BCUT2D eigenvalue weighted by Gasteiger charge is 2.24. The first-order valence-corrected chi connectivity index (χ1v) is 8.29. The predicted molar refractivity (Wildman–Crippen MR) is 95.0 cm³/mol. The molecule has 9 nitrogen and oxygen atoms in total. The van der Waals surface area contributed by atoms with Gasteiger partial charge in [0.15, 0.2) is 0 Å². The zero-order chi connectivity index (χ0) is 20.6. The molecule has 0 radical (unpaired) electrons. The molecular formula is C18H24N2O7. The van der Waals surface area contributed by atoms with Gasteiger partial charge in [-0.3, -0.25) is 9.59 Å². The molecule has 27 heavy (non-hydrogen) atoms. The fourth-order valence-corrected chi connectivity index (χ4v) is 2.51. The van der Waals surface area contributed by atoms with Gasteiger partial charge in [-0.2, -0.15) is 0 Å². The van der Waals surface area contributed by atoms with Crippen LogP contribution in [0.15, 0.2) is 18.2 Å². The maximum atomic E-state index is 12.2. The summed E-state index contributed by atoms with van der Waals surface area (Å²) in [7, 11) is 1.20. The lowest BCUT2D eigenvalue weighted by atomic mass is 10.0. The molecule has 0 spiro atoms. The van der Waals surface area contributed by atoms with E-state index in [1.807, 2.05) is 0 Å². The molecule has 2 atom stereocenters. The molecule has 9 heteroatoms. The summed E-state index contributed by atoms with van der Waals surface area (Å²) in [5.41, 5.74) is 1.49. The first-order valence-electron chi connectivity index (χ1n) is 8.29. The van der Waals surface area contributed by atoms with Crippen molar-refractivity contribution >= 4 is 23.8 Å². The molecule has 0 aliphatic heterocycles. The number of carbonyl (C=O) groups excluding carboxylic acids is 3. The minimum absolute atomic E-state index is 0.0904. The third kappa shape index (κ3) is 7.35. The Kier molecular flexibility index (Phi) is 8.25. The normalized spacial score (nSPS) is 12.6. The minimum Gasteiger partial charge on any atom is -0.508 e. The molecule has 0 heterocycles. The van der Waals surface area contributed by atoms with Crippen LogP contribution in [0.25, 0.3) is 0 Å². The van der Waals surface area contributed by atoms with Crippen molar-refractivity contribution in [2.24, 2.45) is 0 Å². The number of amides is 2. The molecule has 0 aromatic heterocycles. The van der Waals surface area contributed by atoms with Gasteiger partial charge in [-0.1, -0.05) is 6.07 Å². The third-order valence-electron chi connectivity index (χ3n) is 3.91. The van der Waals surface area contributed by atoms with E-state index in [4.69, 9.17) is 9.84 Å². The number of carboxylic acids is 1. The fourth-order valence-electron chi connectivity index (χ4n) is 2.51. The van der Waals surface area contributed by atoms with Crippen molar-refractivity contribution in [3.8, 4) is 5.75 Å². The molecule has 0 saturated carbocycles. The summed E-state index contributed by atoms with van der Waals surface area (Å²) in [5.74, 6) is -2.86. The number of aliphatic carboxylic acids is 1. The third-order valence-corrected chi connectivity index (χ3v) is 3.91. The van der Waals surface area contributed by atoms with Gasteiger partial charge in [0.1, 0.15) is 17.8 Å². The second-order valence-electron chi connectivity index (χ2n) is 6.09. The Balaban J connectivity index is 2.75. The smallest absolute Gasteiger partial charge is 0.328 e. The number of hydrogen-bond acceptors (Lipinski definition) is 6. The van der Waals surface area contributed by atoms with Crippen molar-refractivity contribution in [3.05, 3.63) is 29.3 Å². The lowest BCUT2D eigenvalue weighted by molar-refractivity contribution is -0.145. The van der Waals surface area contributed by atoms with Gasteiger partial charge in [-0.05, 0) is 36.6 Å². The number of ether oxygens (including phenoxy) is 1. The molecule has 0 aliphatic carbocycles. The van der Waals surface area contributed by atoms with E-state index in [-0.39, 0.29) is 25.0 Å². The van der Waals surface area contributed by atoms with Crippen LogP contribution in [0.2, 0.25) is 0 Å². The van der Waals surface area contributed by atoms with E-state index in [1.54, 1.807) is 13.0 Å². The van der Waals surface area contributed by atoms with Crippen molar-refractivity contribution in [1.29, 1.82) is 0 Å². The fraction of sp³-hybridized carbons (Fsp3) is 0.444. The van der Waals surface area contributed by atoms with Gasteiger partial charge < -0.3 is 25.6 Å². The summed E-state index contributed by atoms with van der Waals surface area (Å²) in [6.45, 7) is 2.94. The number of methoxy groups -OCH3 is 1. The van der Waals surface area contributed by atoms with Crippen LogP contribution in [0.1, 0.15) is 30.9 Å². The summed E-state index contributed by atoms with van der Waals surface area (Å²) in [4.78, 5) is 46.2. The first-order chi connectivity index (χ1) is 12.6. The van der Waals surface area contributed by atoms with Crippen LogP contribution >= 0.6 is 0 Å². The van der Waals surface area contributed by atoms with Gasteiger partial charge in [0, 0.05) is 19.8 Å². The number of carboxylic acid groups (broad SMARTS) is 1. The number of hydrogen-bond donors (Lipinski definition) is 4. The van der Waals surface area contributed by atoms with Crippen LogP contribution in [-0.2, 0) is 30.3 Å². The highest BCUT2D eigenvalue weighted by atomic mass is 16.5. The van der Waals surface area contributed by atoms with E-state index in [2.05, 4.69) is 10.6 Å². The zero-order valence-electron chi connectivity index (χ0n) is 15.4. The number of phenolic OH excluding ortho intramolecular Hbond substituents is 1. The Morgan fingerprint density at radius 1 is 1.15 bits per heavy atom. The molecular weight excluding hydrogens is 356 g/mol. The Morgan fingerprint density at radius 2 is 1.81 bits per heavy atom. The lowest BCUT2D eigenvalue weighted by Gasteiger charge is -2.19. The van der Waals surface area contributed by atoms with Gasteiger partial charge >= 0.3 is 11.9 Å². The molecule has 0 bridgehead atoms. The van der Waals surface area contributed by atoms with Crippen LogP contribution in [0.5, 0.6) is 5.75 Å². The number of aromatic hydroxyl groups is 1. The number of benzene rings is 1. The van der Waals surface area contributed by atoms with Gasteiger partial charge in [-0.25, -0.2) is 9.59 Å². The van der Waals surface area contributed by atoms with Crippen molar-refractivity contribution in [2.75, 3.05) is 7.11 Å². The quantitative estimate of drug-likeness (QED) is 0.450. The molecule has 2 amide bonds. The van der Waals surface area contributed by atoms with Crippen LogP contribution in [0.3, 0.4) is 0 Å². The van der Waals surface area contributed by atoms with Crippen molar-refractivity contribution in [2.45, 2.75) is 45.2 Å². The Morgan fingerprint density at radius 3 is 2.33 bits per heavy atom. The number of rotatable bonds is 9. The molecule has 148 valence electrons. The number of nitrogens with one attached hydrogen (secondary N) is 2. The van der Waals surface area contributed by atoms with E-state index in [0.29, 0.717) is 0 Å². The number of esters is 1. The van der Waals surface area contributed by atoms with Gasteiger partial charge in [0.05, 0.1) is 7.11 Å². The SMILES string of the molecule is COC(=O)[C@H](Cc1ccc(O)cc1C)NC(=O)CCC(NC(C)=O)C(=O)O. The molecule has 1 rings (SSSR count). The maximum Gasteiger partial charge on any atom is 0.328 e. The molecule has 1 aromatic rings. The maximum absolute atomic E-state index is 12.2. The van der Waals surface area contributed by atoms with Crippen molar-refractivity contribution in [3.63, 3.8) is 0 Å². The van der Waals surface area contributed by atoms with Gasteiger partial charge in [0.2, 0.25) is 11.8 Å². The lowest BCUT2D eigenvalue weighted by Crippen LogP contribution is -2.44. The summed E-state index contributed by atoms with van der Waals surface area (Å²) < 4.78 is 4.71. The molecule has 0 fully saturated rings. The monoisotopic (exact) mass is 380 g/mol. The van der Waals surface area contributed by atoms with Gasteiger partial charge in [-0.15, -0.1) is 0 Å². The van der Waals surface area contributed by atoms with Crippen LogP contribution in [0.4, 0.5) is 0 Å². The summed E-state index contributed by atoms with van der Waals surface area (Å²) >= 11 is 0. The molecule has 0 saturated heterocycles. The summed E-state index contributed by atoms with van der Waals surface area (Å²) in [6, 6.07) is 2.50. The Hall–Kier alpha value is -3.10. The second kappa shape index (κ2) is 10.1. The summed E-state index contributed by atoms with van der Waals surface area (Å²) in [5, 5.41) is 23.3. The number of phenols is 1. The molecule has 4 N–H and O–H groups in total. The average molecular weight is 380 g/mol. The second-order valence-corrected chi connectivity index (χ2v) is 6.09. The van der Waals surface area contributed by atoms with Crippen LogP contribution in [0, 0.1) is 6.92 Å². The van der Waals surface area contributed by atoms with Crippen LogP contribution < -0.4 is 10.6 Å². The number of aryl methyl sites for hydroxylation is 1. The molecule has 0 aliphatic rings. The van der Waals surface area contributed by atoms with E-state index in [9.17, 15) is 24.3 Å². The van der Waals surface area contributed by atoms with E-state index < -0.39 is 35.8 Å². The standard InChI is InChI=1S/C18H24N2O7/c1-10-8-13(22)5-4-12(10)9-15(18(26)27-3)20-16(23)7-6-14(17(24)25)19-11(2)21/h4-5,8,14-15,22H,6-7,9H2,1-3H3,(H,19,21)(H,20,23)(H,24,25)/t14?,15-/m0/s1. The molecule has 1 aromatic carbocycles. The Bertz CT molecular complexity index is 718. The minimum atomic E-state index is -1.25. The van der Waals surface area contributed by atoms with Crippen LogP contribution in [-0.4, -0.2) is 53.2 Å². The number of carbonyl (C=O) groups is 4. The highest BCUT2D eigenvalue weighted by Crippen LogP contribution is 2.17. The molecule has 1 unspecified atom stereocenters. The largest absolute Gasteiger partial charge is 0.508 e. The van der Waals surface area contributed by atoms with E-state index in [1.165, 1.54) is 26.2 Å². The average Bonchev–Trinajstić information content (AvgIpc) is 2.58. The van der Waals surface area contributed by atoms with Gasteiger partial charge in [0.25, 0.3) is 0 Å². The zero-order valence-corrected chi connectivity index (χ0v) is 15.4. The van der Waals surface area contributed by atoms with Crippen molar-refractivity contribution in [1.82, 2.24) is 10.6 Å². The first kappa shape index (κ1) is 21.9. The topological polar surface area (TPSA) is 142 Å². The van der Waals surface area contributed by atoms with E-state index >= 15 is 0 Å². The Labute approximate surface area is 156 Å². The highest BCUT2D eigenvalue weighted by molar-refractivity contribution is 5.86. The summed E-state index contributed by atoms with van der Waals surface area (Å²) in [6.07, 6.45) is -0.162. The van der Waals surface area contributed by atoms with Crippen molar-refractivity contribution < 1.29 is 34.1 Å². The predicted octanol–water partition coefficient (Wildman–Crippen LogP) is 0.270. The van der Waals surface area contributed by atoms with E-state index in [0.717, 1.165) is 11.1 Å².